The van der Waals surface area contributed by atoms with Gasteiger partial charge in [0.2, 0.25) is 0 Å². The highest BCUT2D eigenvalue weighted by atomic mass is 79.9. The van der Waals surface area contributed by atoms with Gasteiger partial charge in [0.1, 0.15) is 5.75 Å². The summed E-state index contributed by atoms with van der Waals surface area (Å²) in [6.07, 6.45) is 4.94. The normalized spacial score (nSPS) is 24.6. The van der Waals surface area contributed by atoms with E-state index in [0.29, 0.717) is 11.7 Å². The van der Waals surface area contributed by atoms with Gasteiger partial charge in [0.15, 0.2) is 0 Å². The van der Waals surface area contributed by atoms with Crippen molar-refractivity contribution >= 4 is 15.9 Å². The molecule has 0 heterocycles. The molecule has 1 saturated carbocycles. The van der Waals surface area contributed by atoms with Crippen molar-refractivity contribution in [2.24, 2.45) is 5.92 Å². The third-order valence-corrected chi connectivity index (χ3v) is 4.67. The molecule has 1 aromatic rings. The summed E-state index contributed by atoms with van der Waals surface area (Å²) in [5.41, 5.74) is 0.943. The Labute approximate surface area is 129 Å². The molecule has 0 amide bonds. The summed E-state index contributed by atoms with van der Waals surface area (Å²) in [6, 6.07) is 5.72. The second-order valence-corrected chi connectivity index (χ2v) is 6.67. The van der Waals surface area contributed by atoms with Crippen LogP contribution in [0.1, 0.15) is 50.6 Å². The lowest BCUT2D eigenvalue weighted by Gasteiger charge is -2.28. The van der Waals surface area contributed by atoms with Crippen LogP contribution in [0.2, 0.25) is 0 Å². The first-order chi connectivity index (χ1) is 9.60. The van der Waals surface area contributed by atoms with Crippen LogP contribution in [-0.2, 0) is 0 Å². The third-order valence-electron chi connectivity index (χ3n) is 4.18. The minimum absolute atomic E-state index is 0.130. The largest absolute Gasteiger partial charge is 0.508 e. The van der Waals surface area contributed by atoms with E-state index >= 15 is 0 Å². The fourth-order valence-electron chi connectivity index (χ4n) is 3.04. The van der Waals surface area contributed by atoms with Gasteiger partial charge in [-0.3, -0.25) is 0 Å². The molecule has 3 N–H and O–H groups in total. The molecule has 0 bridgehead atoms. The Morgan fingerprint density at radius 1 is 1.40 bits per heavy atom. The second-order valence-electron chi connectivity index (χ2n) is 5.76. The Kier molecular flexibility index (Phi) is 5.87. The molecular weight excluding hydrogens is 318 g/mol. The first-order valence-electron chi connectivity index (χ1n) is 7.50. The van der Waals surface area contributed by atoms with Crippen LogP contribution in [0.25, 0.3) is 0 Å². The van der Waals surface area contributed by atoms with Gasteiger partial charge in [-0.2, -0.15) is 0 Å². The number of aromatic hydroxyl groups is 1. The number of phenols is 1. The van der Waals surface area contributed by atoms with E-state index < -0.39 is 0 Å². The van der Waals surface area contributed by atoms with Crippen LogP contribution in [0, 0.1) is 5.92 Å². The first kappa shape index (κ1) is 15.8. The molecule has 0 saturated heterocycles. The van der Waals surface area contributed by atoms with Crippen molar-refractivity contribution in [1.82, 2.24) is 5.32 Å². The first-order valence-corrected chi connectivity index (χ1v) is 8.29. The van der Waals surface area contributed by atoms with E-state index in [-0.39, 0.29) is 12.1 Å². The van der Waals surface area contributed by atoms with Gasteiger partial charge in [0.05, 0.1) is 6.10 Å². The molecule has 0 aliphatic heterocycles. The standard InChI is InChI=1S/C16H24BrNO2/c1-2-15(14-9-12(17)6-7-16(14)20)18-10-11-4-3-5-13(19)8-11/h6-7,9,11,13,15,18-20H,2-5,8,10H2,1H3. The maximum absolute atomic E-state index is 10.0. The maximum Gasteiger partial charge on any atom is 0.120 e. The molecule has 3 atom stereocenters. The van der Waals surface area contributed by atoms with E-state index in [1.165, 1.54) is 6.42 Å². The van der Waals surface area contributed by atoms with Gasteiger partial charge < -0.3 is 15.5 Å². The molecule has 0 aromatic heterocycles. The number of rotatable bonds is 5. The molecule has 1 aliphatic rings. The zero-order valence-corrected chi connectivity index (χ0v) is 13.6. The fraction of sp³-hybridized carbons (Fsp3) is 0.625. The molecule has 0 spiro atoms. The fourth-order valence-corrected chi connectivity index (χ4v) is 3.41. The minimum Gasteiger partial charge on any atom is -0.508 e. The van der Waals surface area contributed by atoms with Gasteiger partial charge in [-0.05, 0) is 56.3 Å². The Bertz CT molecular complexity index is 438. The van der Waals surface area contributed by atoms with Crippen molar-refractivity contribution in [1.29, 1.82) is 0 Å². The molecule has 3 unspecified atom stereocenters. The predicted octanol–water partition coefficient (Wildman–Crippen LogP) is 3.75. The van der Waals surface area contributed by atoms with Crippen molar-refractivity contribution in [2.75, 3.05) is 6.54 Å². The van der Waals surface area contributed by atoms with E-state index in [4.69, 9.17) is 0 Å². The molecule has 1 fully saturated rings. The van der Waals surface area contributed by atoms with Crippen LogP contribution in [0.5, 0.6) is 5.75 Å². The van der Waals surface area contributed by atoms with E-state index in [9.17, 15) is 10.2 Å². The number of hydrogen-bond acceptors (Lipinski definition) is 3. The smallest absolute Gasteiger partial charge is 0.120 e. The lowest BCUT2D eigenvalue weighted by Crippen LogP contribution is -2.31. The highest BCUT2D eigenvalue weighted by Crippen LogP contribution is 2.30. The summed E-state index contributed by atoms with van der Waals surface area (Å²) in [5, 5.41) is 23.3. The van der Waals surface area contributed by atoms with E-state index in [0.717, 1.165) is 42.3 Å². The molecule has 0 radical (unpaired) electrons. The summed E-state index contributed by atoms with van der Waals surface area (Å²) >= 11 is 3.46. The van der Waals surface area contributed by atoms with E-state index in [2.05, 4.69) is 28.2 Å². The lowest BCUT2D eigenvalue weighted by atomic mass is 9.87. The van der Waals surface area contributed by atoms with Crippen LogP contribution < -0.4 is 5.32 Å². The predicted molar refractivity (Wildman–Crippen MR) is 84.8 cm³/mol. The van der Waals surface area contributed by atoms with Crippen LogP contribution in [0.3, 0.4) is 0 Å². The van der Waals surface area contributed by atoms with Gasteiger partial charge in [-0.25, -0.2) is 0 Å². The number of halogens is 1. The van der Waals surface area contributed by atoms with Crippen LogP contribution in [-0.4, -0.2) is 22.9 Å². The van der Waals surface area contributed by atoms with Crippen LogP contribution in [0.4, 0.5) is 0 Å². The van der Waals surface area contributed by atoms with E-state index in [1.807, 2.05) is 12.1 Å². The van der Waals surface area contributed by atoms with E-state index in [1.54, 1.807) is 6.07 Å². The van der Waals surface area contributed by atoms with Gasteiger partial charge in [-0.15, -0.1) is 0 Å². The van der Waals surface area contributed by atoms with Gasteiger partial charge >= 0.3 is 0 Å². The third kappa shape index (κ3) is 4.21. The second kappa shape index (κ2) is 7.43. The van der Waals surface area contributed by atoms with Crippen molar-refractivity contribution in [3.8, 4) is 5.75 Å². The molecule has 3 nitrogen and oxygen atoms in total. The summed E-state index contributed by atoms with van der Waals surface area (Å²) in [4.78, 5) is 0. The summed E-state index contributed by atoms with van der Waals surface area (Å²) in [7, 11) is 0. The highest BCUT2D eigenvalue weighted by molar-refractivity contribution is 9.10. The van der Waals surface area contributed by atoms with Gasteiger partial charge in [-0.1, -0.05) is 29.3 Å². The average molecular weight is 342 g/mol. The molecule has 4 heteroatoms. The molecular formula is C16H24BrNO2. The number of hydrogen-bond donors (Lipinski definition) is 3. The lowest BCUT2D eigenvalue weighted by molar-refractivity contribution is 0.0995. The highest BCUT2D eigenvalue weighted by Gasteiger charge is 2.21. The Balaban J connectivity index is 1.96. The van der Waals surface area contributed by atoms with Crippen LogP contribution in [0.15, 0.2) is 22.7 Å². The zero-order chi connectivity index (χ0) is 14.5. The zero-order valence-electron chi connectivity index (χ0n) is 12.0. The van der Waals surface area contributed by atoms with Gasteiger partial charge in [0.25, 0.3) is 0 Å². The Morgan fingerprint density at radius 2 is 2.20 bits per heavy atom. The number of aliphatic hydroxyl groups excluding tert-OH is 1. The minimum atomic E-state index is -0.130. The molecule has 1 aliphatic carbocycles. The summed E-state index contributed by atoms with van der Waals surface area (Å²) in [6.45, 7) is 3.02. The van der Waals surface area contributed by atoms with Crippen molar-refractivity contribution in [3.63, 3.8) is 0 Å². The molecule has 20 heavy (non-hydrogen) atoms. The van der Waals surface area contributed by atoms with Crippen molar-refractivity contribution in [3.05, 3.63) is 28.2 Å². The quantitative estimate of drug-likeness (QED) is 0.764. The maximum atomic E-state index is 10.0. The number of aliphatic hydroxyl groups is 1. The number of benzene rings is 1. The Morgan fingerprint density at radius 3 is 2.90 bits per heavy atom. The van der Waals surface area contributed by atoms with Crippen molar-refractivity contribution < 1.29 is 10.2 Å². The molecule has 1 aromatic carbocycles. The summed E-state index contributed by atoms with van der Waals surface area (Å²) < 4.78 is 0.985. The number of phenolic OH excluding ortho intramolecular Hbond substituents is 1. The SMILES string of the molecule is CCC(NCC1CCCC(O)C1)c1cc(Br)ccc1O. The average Bonchev–Trinajstić information content (AvgIpc) is 2.43. The van der Waals surface area contributed by atoms with Crippen LogP contribution >= 0.6 is 15.9 Å². The topological polar surface area (TPSA) is 52.5 Å². The summed E-state index contributed by atoms with van der Waals surface area (Å²) in [5.74, 6) is 0.887. The molecule has 112 valence electrons. The molecule has 2 rings (SSSR count). The number of nitrogens with one attached hydrogen (secondary N) is 1. The van der Waals surface area contributed by atoms with Gasteiger partial charge in [0, 0.05) is 16.1 Å². The van der Waals surface area contributed by atoms with Crippen molar-refractivity contribution in [2.45, 2.75) is 51.2 Å². The monoisotopic (exact) mass is 341 g/mol. The Hall–Kier alpha value is -0.580.